The highest BCUT2D eigenvalue weighted by atomic mass is 16.6. The first-order valence-electron chi connectivity index (χ1n) is 11.1. The van der Waals surface area contributed by atoms with Gasteiger partial charge in [0.15, 0.2) is 23.0 Å². The summed E-state index contributed by atoms with van der Waals surface area (Å²) >= 11 is 0. The van der Waals surface area contributed by atoms with E-state index in [-0.39, 0.29) is 30.2 Å². The van der Waals surface area contributed by atoms with Gasteiger partial charge in [0.1, 0.15) is 19.8 Å². The first-order chi connectivity index (χ1) is 16.6. The third kappa shape index (κ3) is 4.45. The molecule has 2 heterocycles. The van der Waals surface area contributed by atoms with Crippen molar-refractivity contribution in [2.75, 3.05) is 24.7 Å². The molecule has 0 aliphatic carbocycles. The number of benzene rings is 3. The maximum Gasteiger partial charge on any atom is 0.294 e. The SMILES string of the molecule is CC(NC(=O)CN1C(=O)C(=Cc2ccccc2)Oc2ccccc21)c1ccc2c(c1)OCCO2. The molecule has 2 aliphatic rings. The smallest absolute Gasteiger partial charge is 0.294 e. The highest BCUT2D eigenvalue weighted by molar-refractivity contribution is 6.12. The topological polar surface area (TPSA) is 77.1 Å². The Morgan fingerprint density at radius 1 is 0.971 bits per heavy atom. The maximum atomic E-state index is 13.3. The van der Waals surface area contributed by atoms with E-state index in [1.165, 1.54) is 4.90 Å². The minimum atomic E-state index is -0.371. The molecule has 0 bridgehead atoms. The van der Waals surface area contributed by atoms with E-state index in [4.69, 9.17) is 14.2 Å². The standard InChI is InChI=1S/C27H24N2O5/c1-18(20-11-12-23-24(16-20)33-14-13-32-23)28-26(30)17-29-21-9-5-6-10-22(21)34-25(27(29)31)15-19-7-3-2-4-8-19/h2-12,15-16,18H,13-14,17H2,1H3,(H,28,30). The van der Waals surface area contributed by atoms with Crippen LogP contribution < -0.4 is 24.4 Å². The number of nitrogens with one attached hydrogen (secondary N) is 1. The number of rotatable bonds is 5. The molecule has 5 rings (SSSR count). The van der Waals surface area contributed by atoms with Crippen LogP contribution >= 0.6 is 0 Å². The fraction of sp³-hybridized carbons (Fsp3) is 0.185. The summed E-state index contributed by atoms with van der Waals surface area (Å²) in [7, 11) is 0. The summed E-state index contributed by atoms with van der Waals surface area (Å²) < 4.78 is 17.1. The van der Waals surface area contributed by atoms with Crippen molar-refractivity contribution in [1.82, 2.24) is 5.32 Å². The Kier molecular flexibility index (Phi) is 5.91. The highest BCUT2D eigenvalue weighted by Crippen LogP contribution is 2.36. The summed E-state index contributed by atoms with van der Waals surface area (Å²) in [6.07, 6.45) is 1.68. The Labute approximate surface area is 197 Å². The molecule has 34 heavy (non-hydrogen) atoms. The van der Waals surface area contributed by atoms with E-state index in [1.54, 1.807) is 18.2 Å². The predicted octanol–water partition coefficient (Wildman–Crippen LogP) is 4.10. The summed E-state index contributed by atoms with van der Waals surface area (Å²) in [5.74, 6) is 1.39. The highest BCUT2D eigenvalue weighted by Gasteiger charge is 2.32. The lowest BCUT2D eigenvalue weighted by Gasteiger charge is -2.30. The van der Waals surface area contributed by atoms with Gasteiger partial charge in [-0.05, 0) is 48.4 Å². The number of para-hydroxylation sites is 2. The van der Waals surface area contributed by atoms with Crippen molar-refractivity contribution < 1.29 is 23.8 Å². The average Bonchev–Trinajstić information content (AvgIpc) is 2.87. The summed E-state index contributed by atoms with van der Waals surface area (Å²) in [5.41, 5.74) is 2.28. The van der Waals surface area contributed by atoms with Crippen molar-refractivity contribution >= 4 is 23.6 Å². The number of hydrogen-bond donors (Lipinski definition) is 1. The van der Waals surface area contributed by atoms with Gasteiger partial charge in [0, 0.05) is 0 Å². The van der Waals surface area contributed by atoms with Crippen LogP contribution in [0.15, 0.2) is 78.6 Å². The Morgan fingerprint density at radius 3 is 2.53 bits per heavy atom. The lowest BCUT2D eigenvalue weighted by molar-refractivity contribution is -0.123. The van der Waals surface area contributed by atoms with E-state index in [1.807, 2.05) is 67.6 Å². The van der Waals surface area contributed by atoms with Crippen molar-refractivity contribution in [2.45, 2.75) is 13.0 Å². The van der Waals surface area contributed by atoms with E-state index < -0.39 is 0 Å². The third-order valence-corrected chi connectivity index (χ3v) is 5.67. The molecule has 1 unspecified atom stereocenters. The largest absolute Gasteiger partial charge is 0.486 e. The lowest BCUT2D eigenvalue weighted by Crippen LogP contribution is -2.44. The number of carbonyl (C=O) groups excluding carboxylic acids is 2. The summed E-state index contributed by atoms with van der Waals surface area (Å²) in [5, 5.41) is 2.98. The normalized spacial score (nSPS) is 16.4. The zero-order valence-electron chi connectivity index (χ0n) is 18.7. The summed E-state index contributed by atoms with van der Waals surface area (Å²) in [4.78, 5) is 27.7. The summed E-state index contributed by atoms with van der Waals surface area (Å²) in [6, 6.07) is 22.0. The number of amides is 2. The van der Waals surface area contributed by atoms with Gasteiger partial charge in [-0.15, -0.1) is 0 Å². The number of hydrogen-bond acceptors (Lipinski definition) is 5. The second-order valence-corrected chi connectivity index (χ2v) is 8.07. The van der Waals surface area contributed by atoms with Gasteiger partial charge in [-0.3, -0.25) is 14.5 Å². The van der Waals surface area contributed by atoms with Crippen molar-refractivity contribution in [3.63, 3.8) is 0 Å². The Balaban J connectivity index is 1.34. The van der Waals surface area contributed by atoms with Crippen LogP contribution in [-0.4, -0.2) is 31.6 Å². The van der Waals surface area contributed by atoms with E-state index in [9.17, 15) is 9.59 Å². The van der Waals surface area contributed by atoms with Crippen molar-refractivity contribution in [3.05, 3.63) is 89.7 Å². The van der Waals surface area contributed by atoms with Crippen LogP contribution in [0.1, 0.15) is 24.1 Å². The Morgan fingerprint density at radius 2 is 1.71 bits per heavy atom. The van der Waals surface area contributed by atoms with E-state index in [2.05, 4.69) is 5.32 Å². The number of carbonyl (C=O) groups is 2. The molecule has 0 aromatic heterocycles. The molecule has 0 spiro atoms. The molecule has 7 heteroatoms. The minimum Gasteiger partial charge on any atom is -0.486 e. The number of nitrogens with zero attached hydrogens (tertiary/aromatic N) is 1. The molecule has 172 valence electrons. The van der Waals surface area contributed by atoms with E-state index in [0.717, 1.165) is 11.1 Å². The fourth-order valence-corrected chi connectivity index (χ4v) is 3.96. The minimum absolute atomic E-state index is 0.139. The molecule has 3 aromatic rings. The van der Waals surface area contributed by atoms with Gasteiger partial charge in [0.05, 0.1) is 11.7 Å². The van der Waals surface area contributed by atoms with Gasteiger partial charge in [-0.1, -0.05) is 48.5 Å². The molecule has 3 aromatic carbocycles. The lowest BCUT2D eigenvalue weighted by atomic mass is 10.1. The van der Waals surface area contributed by atoms with Crippen LogP contribution in [0.3, 0.4) is 0 Å². The van der Waals surface area contributed by atoms with Gasteiger partial charge < -0.3 is 19.5 Å². The monoisotopic (exact) mass is 456 g/mol. The molecule has 7 nitrogen and oxygen atoms in total. The van der Waals surface area contributed by atoms with Crippen LogP contribution in [0.4, 0.5) is 5.69 Å². The van der Waals surface area contributed by atoms with Crippen LogP contribution in [-0.2, 0) is 9.59 Å². The predicted molar refractivity (Wildman–Crippen MR) is 128 cm³/mol. The number of anilines is 1. The maximum absolute atomic E-state index is 13.3. The molecular formula is C27H24N2O5. The third-order valence-electron chi connectivity index (χ3n) is 5.67. The first kappa shape index (κ1) is 21.6. The van der Waals surface area contributed by atoms with Gasteiger partial charge >= 0.3 is 0 Å². The van der Waals surface area contributed by atoms with Gasteiger partial charge in [-0.25, -0.2) is 0 Å². The molecule has 0 radical (unpaired) electrons. The zero-order chi connectivity index (χ0) is 23.5. The zero-order valence-corrected chi connectivity index (χ0v) is 18.7. The quantitative estimate of drug-likeness (QED) is 0.585. The fourth-order valence-electron chi connectivity index (χ4n) is 3.96. The molecule has 1 atom stereocenters. The number of fused-ring (bicyclic) bond motifs is 2. The van der Waals surface area contributed by atoms with Crippen molar-refractivity contribution in [2.24, 2.45) is 0 Å². The molecule has 0 saturated heterocycles. The van der Waals surface area contributed by atoms with E-state index in [0.29, 0.717) is 36.1 Å². The molecule has 2 aliphatic heterocycles. The molecule has 0 saturated carbocycles. The van der Waals surface area contributed by atoms with Crippen LogP contribution in [0.2, 0.25) is 0 Å². The number of ether oxygens (including phenoxy) is 3. The molecule has 2 amide bonds. The second kappa shape index (κ2) is 9.31. The van der Waals surface area contributed by atoms with Gasteiger partial charge in [-0.2, -0.15) is 0 Å². The molecular weight excluding hydrogens is 432 g/mol. The van der Waals surface area contributed by atoms with Gasteiger partial charge in [0.25, 0.3) is 5.91 Å². The van der Waals surface area contributed by atoms with E-state index >= 15 is 0 Å². The second-order valence-electron chi connectivity index (χ2n) is 8.07. The first-order valence-corrected chi connectivity index (χ1v) is 11.1. The Hall–Kier alpha value is -4.26. The van der Waals surface area contributed by atoms with Crippen LogP contribution in [0, 0.1) is 0 Å². The molecule has 0 fully saturated rings. The van der Waals surface area contributed by atoms with Gasteiger partial charge in [0.2, 0.25) is 5.91 Å². The van der Waals surface area contributed by atoms with Crippen molar-refractivity contribution in [3.8, 4) is 17.2 Å². The Bertz CT molecular complexity index is 1250. The molecule has 1 N–H and O–H groups in total. The summed E-state index contributed by atoms with van der Waals surface area (Å²) in [6.45, 7) is 2.77. The van der Waals surface area contributed by atoms with Crippen molar-refractivity contribution in [1.29, 1.82) is 0 Å². The van der Waals surface area contributed by atoms with Crippen LogP contribution in [0.25, 0.3) is 6.08 Å². The average molecular weight is 456 g/mol. The van der Waals surface area contributed by atoms with Crippen LogP contribution in [0.5, 0.6) is 17.2 Å².